The van der Waals surface area contributed by atoms with E-state index in [0.717, 1.165) is 5.56 Å². The molecule has 0 radical (unpaired) electrons. The molecular formula is C12H14O4. The number of Topliss-reactive ketones (excluding diaryl/α,β-unsaturated/α-hetero) is 1. The third-order valence-corrected chi connectivity index (χ3v) is 2.37. The molecule has 0 saturated carbocycles. The van der Waals surface area contributed by atoms with Gasteiger partial charge in [-0.25, -0.2) is 0 Å². The lowest BCUT2D eigenvalue weighted by Crippen LogP contribution is -2.14. The van der Waals surface area contributed by atoms with Crippen molar-refractivity contribution in [2.75, 3.05) is 0 Å². The molecule has 1 rings (SSSR count). The van der Waals surface area contributed by atoms with Gasteiger partial charge in [0.05, 0.1) is 6.42 Å². The second-order valence-electron chi connectivity index (χ2n) is 3.62. The number of rotatable bonds is 5. The van der Waals surface area contributed by atoms with E-state index in [0.29, 0.717) is 5.56 Å². The topological polar surface area (TPSA) is 74.6 Å². The summed E-state index contributed by atoms with van der Waals surface area (Å²) in [7, 11) is 0. The average molecular weight is 222 g/mol. The van der Waals surface area contributed by atoms with E-state index < -0.39 is 17.9 Å². The molecule has 0 saturated heterocycles. The van der Waals surface area contributed by atoms with Crippen LogP contribution in [0, 0.1) is 6.92 Å². The van der Waals surface area contributed by atoms with Gasteiger partial charge in [-0.15, -0.1) is 0 Å². The predicted octanol–water partition coefficient (Wildman–Crippen LogP) is 1.46. The van der Waals surface area contributed by atoms with Crippen LogP contribution in [0.1, 0.15) is 30.1 Å². The summed E-state index contributed by atoms with van der Waals surface area (Å²) < 4.78 is 0. The van der Waals surface area contributed by atoms with E-state index in [1.165, 1.54) is 0 Å². The van der Waals surface area contributed by atoms with Crippen LogP contribution in [0.2, 0.25) is 0 Å². The molecule has 0 aliphatic rings. The molecule has 0 aromatic heterocycles. The molecular weight excluding hydrogens is 208 g/mol. The highest BCUT2D eigenvalue weighted by Gasteiger charge is 2.19. The summed E-state index contributed by atoms with van der Waals surface area (Å²) in [4.78, 5) is 21.8. The van der Waals surface area contributed by atoms with Crippen LogP contribution in [0.4, 0.5) is 0 Å². The Labute approximate surface area is 93.5 Å². The molecule has 4 heteroatoms. The van der Waals surface area contributed by atoms with Crippen molar-refractivity contribution in [3.05, 3.63) is 35.4 Å². The molecule has 1 atom stereocenters. The van der Waals surface area contributed by atoms with Crippen LogP contribution >= 0.6 is 0 Å². The monoisotopic (exact) mass is 222 g/mol. The quantitative estimate of drug-likeness (QED) is 0.791. The fraction of sp³-hybridized carbons (Fsp3) is 0.333. The second kappa shape index (κ2) is 5.42. The van der Waals surface area contributed by atoms with Gasteiger partial charge in [-0.3, -0.25) is 9.59 Å². The Balaban J connectivity index is 2.71. The minimum absolute atomic E-state index is 0.148. The lowest BCUT2D eigenvalue weighted by molar-refractivity contribution is -0.139. The highest BCUT2D eigenvalue weighted by atomic mass is 16.4. The average Bonchev–Trinajstić information content (AvgIpc) is 2.25. The van der Waals surface area contributed by atoms with Crippen molar-refractivity contribution >= 4 is 11.8 Å². The van der Waals surface area contributed by atoms with Crippen LogP contribution in [0.5, 0.6) is 0 Å². The zero-order chi connectivity index (χ0) is 12.1. The van der Waals surface area contributed by atoms with Crippen LogP contribution in [0.15, 0.2) is 24.3 Å². The van der Waals surface area contributed by atoms with Crippen molar-refractivity contribution in [3.8, 4) is 0 Å². The van der Waals surface area contributed by atoms with Crippen LogP contribution in [0.25, 0.3) is 0 Å². The molecule has 86 valence electrons. The number of carboxylic acid groups (broad SMARTS) is 1. The molecule has 0 bridgehead atoms. The molecule has 0 aliphatic carbocycles. The van der Waals surface area contributed by atoms with E-state index in [9.17, 15) is 14.7 Å². The van der Waals surface area contributed by atoms with Crippen molar-refractivity contribution in [3.63, 3.8) is 0 Å². The standard InChI is InChI=1S/C12H14O4/c1-8-4-2-3-5-9(8)12(16)10(13)6-7-11(14)15/h2-5,12,16H,6-7H2,1H3,(H,14,15)/t12-/m1/s1. The normalized spacial score (nSPS) is 12.1. The summed E-state index contributed by atoms with van der Waals surface area (Å²) in [5.41, 5.74) is 1.36. The van der Waals surface area contributed by atoms with Gasteiger partial charge in [0.2, 0.25) is 0 Å². The number of carboxylic acids is 1. The molecule has 0 heterocycles. The van der Waals surface area contributed by atoms with Crippen LogP contribution in [0.3, 0.4) is 0 Å². The number of aliphatic carboxylic acids is 1. The minimum atomic E-state index is -1.22. The van der Waals surface area contributed by atoms with E-state index in [-0.39, 0.29) is 12.8 Å². The fourth-order valence-electron chi connectivity index (χ4n) is 1.43. The summed E-state index contributed by atoms with van der Waals surface area (Å²) in [6.07, 6.45) is -1.62. The van der Waals surface area contributed by atoms with Crippen molar-refractivity contribution < 1.29 is 19.8 Å². The van der Waals surface area contributed by atoms with Gasteiger partial charge >= 0.3 is 5.97 Å². The molecule has 0 unspecified atom stereocenters. The van der Waals surface area contributed by atoms with E-state index in [1.54, 1.807) is 25.1 Å². The molecule has 2 N–H and O–H groups in total. The number of hydrogen-bond donors (Lipinski definition) is 2. The maximum absolute atomic E-state index is 11.5. The second-order valence-corrected chi connectivity index (χ2v) is 3.62. The third kappa shape index (κ3) is 3.17. The Bertz CT molecular complexity index is 398. The largest absolute Gasteiger partial charge is 0.481 e. The van der Waals surface area contributed by atoms with Crippen LogP contribution in [-0.4, -0.2) is 22.0 Å². The lowest BCUT2D eigenvalue weighted by atomic mass is 9.98. The van der Waals surface area contributed by atoms with Gasteiger partial charge in [0, 0.05) is 6.42 Å². The SMILES string of the molecule is Cc1ccccc1[C@@H](O)C(=O)CCC(=O)O. The van der Waals surface area contributed by atoms with Crippen molar-refractivity contribution in [1.29, 1.82) is 0 Å². The third-order valence-electron chi connectivity index (χ3n) is 2.37. The first-order valence-electron chi connectivity index (χ1n) is 5.00. The van der Waals surface area contributed by atoms with E-state index in [4.69, 9.17) is 5.11 Å². The summed E-state index contributed by atoms with van der Waals surface area (Å²) in [6, 6.07) is 7.00. The van der Waals surface area contributed by atoms with Gasteiger partial charge in [-0.2, -0.15) is 0 Å². The molecule has 0 aliphatic heterocycles. The maximum Gasteiger partial charge on any atom is 0.303 e. The smallest absolute Gasteiger partial charge is 0.303 e. The molecule has 16 heavy (non-hydrogen) atoms. The van der Waals surface area contributed by atoms with Gasteiger partial charge < -0.3 is 10.2 Å². The summed E-state index contributed by atoms with van der Waals surface area (Å²) in [5.74, 6) is -1.50. The summed E-state index contributed by atoms with van der Waals surface area (Å²) in [5, 5.41) is 18.2. The van der Waals surface area contributed by atoms with Gasteiger partial charge in [0.1, 0.15) is 6.10 Å². The van der Waals surface area contributed by atoms with Gasteiger partial charge in [-0.1, -0.05) is 24.3 Å². The first kappa shape index (κ1) is 12.4. The summed E-state index contributed by atoms with van der Waals surface area (Å²) in [6.45, 7) is 1.79. The first-order valence-corrected chi connectivity index (χ1v) is 5.00. The van der Waals surface area contributed by atoms with E-state index >= 15 is 0 Å². The summed E-state index contributed by atoms with van der Waals surface area (Å²) >= 11 is 0. The Morgan fingerprint density at radius 1 is 1.25 bits per heavy atom. The van der Waals surface area contributed by atoms with Gasteiger partial charge in [-0.05, 0) is 18.1 Å². The van der Waals surface area contributed by atoms with Crippen molar-refractivity contribution in [2.24, 2.45) is 0 Å². The molecule has 1 aromatic carbocycles. The first-order chi connectivity index (χ1) is 7.52. The minimum Gasteiger partial charge on any atom is -0.481 e. The van der Waals surface area contributed by atoms with E-state index in [2.05, 4.69) is 0 Å². The van der Waals surface area contributed by atoms with Gasteiger partial charge in [0.15, 0.2) is 5.78 Å². The predicted molar refractivity (Wildman–Crippen MR) is 58.0 cm³/mol. The zero-order valence-electron chi connectivity index (χ0n) is 9.01. The number of carbonyl (C=O) groups excluding carboxylic acids is 1. The highest BCUT2D eigenvalue weighted by Crippen LogP contribution is 2.19. The Morgan fingerprint density at radius 2 is 1.88 bits per heavy atom. The number of benzene rings is 1. The van der Waals surface area contributed by atoms with Crippen LogP contribution < -0.4 is 0 Å². The number of aliphatic hydroxyl groups is 1. The number of carbonyl (C=O) groups is 2. The number of hydrogen-bond acceptors (Lipinski definition) is 3. The molecule has 1 aromatic rings. The van der Waals surface area contributed by atoms with E-state index in [1.807, 2.05) is 6.07 Å². The number of ketones is 1. The maximum atomic E-state index is 11.5. The molecule has 0 fully saturated rings. The molecule has 4 nitrogen and oxygen atoms in total. The molecule has 0 amide bonds. The van der Waals surface area contributed by atoms with Gasteiger partial charge in [0.25, 0.3) is 0 Å². The number of aryl methyl sites for hydroxylation is 1. The lowest BCUT2D eigenvalue weighted by Gasteiger charge is -2.11. The van der Waals surface area contributed by atoms with Crippen LogP contribution in [-0.2, 0) is 9.59 Å². The Morgan fingerprint density at radius 3 is 2.44 bits per heavy atom. The fourth-order valence-corrected chi connectivity index (χ4v) is 1.43. The Hall–Kier alpha value is -1.68. The van der Waals surface area contributed by atoms with Crippen molar-refractivity contribution in [2.45, 2.75) is 25.9 Å². The number of aliphatic hydroxyl groups excluding tert-OH is 1. The van der Waals surface area contributed by atoms with Crippen molar-refractivity contribution in [1.82, 2.24) is 0 Å². The Kier molecular flexibility index (Phi) is 4.19. The molecule has 0 spiro atoms. The highest BCUT2D eigenvalue weighted by molar-refractivity contribution is 5.87. The zero-order valence-corrected chi connectivity index (χ0v) is 9.01.